The van der Waals surface area contributed by atoms with Crippen LogP contribution in [0.4, 0.5) is 0 Å². The Morgan fingerprint density at radius 1 is 1.62 bits per heavy atom. The van der Waals surface area contributed by atoms with E-state index in [9.17, 15) is 9.59 Å². The molecule has 1 fully saturated rings. The normalized spacial score (nSPS) is 23.9. The second-order valence-corrected chi connectivity index (χ2v) is 3.22. The van der Waals surface area contributed by atoms with Crippen LogP contribution >= 0.6 is 0 Å². The van der Waals surface area contributed by atoms with Crippen molar-refractivity contribution in [3.8, 4) is 0 Å². The molecule has 0 aliphatic carbocycles. The molecule has 0 aromatic heterocycles. The number of carbonyl (C=O) groups is 2. The third-order valence-corrected chi connectivity index (χ3v) is 2.11. The van der Waals surface area contributed by atoms with Gasteiger partial charge in [0.15, 0.2) is 0 Å². The van der Waals surface area contributed by atoms with Crippen LogP contribution in [0.1, 0.15) is 19.8 Å². The van der Waals surface area contributed by atoms with E-state index in [0.29, 0.717) is 0 Å². The maximum absolute atomic E-state index is 11.3. The number of hydrogen-bond acceptors (Lipinski definition) is 3. The lowest BCUT2D eigenvalue weighted by molar-refractivity contribution is -0.141. The summed E-state index contributed by atoms with van der Waals surface area (Å²) in [6, 6.07) is -1.02. The zero-order valence-electron chi connectivity index (χ0n) is 7.54. The van der Waals surface area contributed by atoms with Crippen molar-refractivity contribution in [3.05, 3.63) is 0 Å². The van der Waals surface area contributed by atoms with Crippen molar-refractivity contribution in [1.82, 2.24) is 10.6 Å². The molecular formula is C8H14N2O3. The molecule has 1 rings (SSSR count). The molecule has 0 spiro atoms. The van der Waals surface area contributed by atoms with Crippen LogP contribution in [0.3, 0.4) is 0 Å². The highest BCUT2D eigenvalue weighted by molar-refractivity contribution is 5.86. The van der Waals surface area contributed by atoms with Gasteiger partial charge in [0.25, 0.3) is 0 Å². The smallest absolute Gasteiger partial charge is 0.325 e. The molecule has 1 aliphatic rings. The molecule has 0 aromatic carbocycles. The number of carboxylic acids is 1. The van der Waals surface area contributed by atoms with E-state index in [1.165, 1.54) is 6.92 Å². The Labute approximate surface area is 76.5 Å². The van der Waals surface area contributed by atoms with Crippen molar-refractivity contribution >= 4 is 11.9 Å². The van der Waals surface area contributed by atoms with E-state index < -0.39 is 12.0 Å². The molecule has 0 saturated carbocycles. The van der Waals surface area contributed by atoms with E-state index in [1.807, 2.05) is 0 Å². The third kappa shape index (κ3) is 2.69. The van der Waals surface area contributed by atoms with Gasteiger partial charge in [0.1, 0.15) is 6.04 Å². The SMILES string of the molecule is C[C@@H](NC(=O)[C@@H]1CCCN1)C(=O)O. The lowest BCUT2D eigenvalue weighted by Gasteiger charge is -2.13. The highest BCUT2D eigenvalue weighted by Gasteiger charge is 2.24. The van der Waals surface area contributed by atoms with Gasteiger partial charge >= 0.3 is 5.97 Å². The number of rotatable bonds is 3. The predicted octanol–water partition coefficient (Wildman–Crippen LogP) is -0.672. The Morgan fingerprint density at radius 2 is 2.31 bits per heavy atom. The number of amides is 1. The number of aliphatic carboxylic acids is 1. The minimum absolute atomic E-state index is 0.207. The minimum atomic E-state index is -1.01. The topological polar surface area (TPSA) is 78.4 Å². The summed E-state index contributed by atoms with van der Waals surface area (Å²) >= 11 is 0. The van der Waals surface area contributed by atoms with Gasteiger partial charge in [0, 0.05) is 0 Å². The first-order valence-electron chi connectivity index (χ1n) is 4.38. The molecule has 13 heavy (non-hydrogen) atoms. The zero-order chi connectivity index (χ0) is 9.84. The molecular weight excluding hydrogens is 172 g/mol. The third-order valence-electron chi connectivity index (χ3n) is 2.11. The summed E-state index contributed by atoms with van der Waals surface area (Å²) in [4.78, 5) is 21.7. The number of carbonyl (C=O) groups excluding carboxylic acids is 1. The Hall–Kier alpha value is -1.10. The van der Waals surface area contributed by atoms with Gasteiger partial charge in [0.2, 0.25) is 5.91 Å². The molecule has 1 amide bonds. The van der Waals surface area contributed by atoms with Crippen molar-refractivity contribution in [2.24, 2.45) is 0 Å². The first kappa shape index (κ1) is 9.98. The number of hydrogen-bond donors (Lipinski definition) is 3. The van der Waals surface area contributed by atoms with E-state index in [2.05, 4.69) is 10.6 Å². The van der Waals surface area contributed by atoms with Crippen molar-refractivity contribution in [2.75, 3.05) is 6.54 Å². The van der Waals surface area contributed by atoms with Crippen LogP contribution in [0.15, 0.2) is 0 Å². The molecule has 1 aliphatic heterocycles. The Bertz CT molecular complexity index is 211. The van der Waals surface area contributed by atoms with Crippen LogP contribution in [0.2, 0.25) is 0 Å². The van der Waals surface area contributed by atoms with Crippen molar-refractivity contribution in [3.63, 3.8) is 0 Å². The number of carboxylic acid groups (broad SMARTS) is 1. The van der Waals surface area contributed by atoms with Gasteiger partial charge in [-0.1, -0.05) is 0 Å². The molecule has 0 aromatic rings. The van der Waals surface area contributed by atoms with Gasteiger partial charge in [-0.15, -0.1) is 0 Å². The molecule has 0 unspecified atom stereocenters. The maximum Gasteiger partial charge on any atom is 0.325 e. The van der Waals surface area contributed by atoms with Gasteiger partial charge in [-0.3, -0.25) is 9.59 Å². The molecule has 1 saturated heterocycles. The van der Waals surface area contributed by atoms with Crippen LogP contribution in [0, 0.1) is 0 Å². The minimum Gasteiger partial charge on any atom is -0.480 e. The molecule has 0 radical (unpaired) electrons. The second kappa shape index (κ2) is 4.23. The molecule has 2 atom stereocenters. The second-order valence-electron chi connectivity index (χ2n) is 3.22. The summed E-state index contributed by atoms with van der Waals surface area (Å²) < 4.78 is 0. The largest absolute Gasteiger partial charge is 0.480 e. The van der Waals surface area contributed by atoms with Crippen molar-refractivity contribution < 1.29 is 14.7 Å². The Morgan fingerprint density at radius 3 is 2.77 bits per heavy atom. The Kier molecular flexibility index (Phi) is 3.25. The maximum atomic E-state index is 11.3. The van der Waals surface area contributed by atoms with Crippen LogP contribution in [-0.2, 0) is 9.59 Å². The fraction of sp³-hybridized carbons (Fsp3) is 0.750. The highest BCUT2D eigenvalue weighted by atomic mass is 16.4. The molecule has 5 heteroatoms. The van der Waals surface area contributed by atoms with Crippen LogP contribution < -0.4 is 10.6 Å². The Balaban J connectivity index is 2.35. The van der Waals surface area contributed by atoms with Crippen molar-refractivity contribution in [2.45, 2.75) is 31.8 Å². The summed E-state index contributed by atoms with van der Waals surface area (Å²) in [5, 5.41) is 14.0. The standard InChI is InChI=1S/C8H14N2O3/c1-5(8(12)13)10-7(11)6-3-2-4-9-6/h5-6,9H,2-4H2,1H3,(H,10,11)(H,12,13)/t5-,6+/m1/s1. The highest BCUT2D eigenvalue weighted by Crippen LogP contribution is 2.04. The zero-order valence-corrected chi connectivity index (χ0v) is 7.54. The van der Waals surface area contributed by atoms with Crippen molar-refractivity contribution in [1.29, 1.82) is 0 Å². The van der Waals surface area contributed by atoms with Gasteiger partial charge in [-0.2, -0.15) is 0 Å². The summed E-state index contributed by atoms with van der Waals surface area (Å²) in [6.45, 7) is 2.29. The van der Waals surface area contributed by atoms with Gasteiger partial charge < -0.3 is 15.7 Å². The summed E-state index contributed by atoms with van der Waals surface area (Å²) in [5.41, 5.74) is 0. The van der Waals surface area contributed by atoms with Crippen LogP contribution in [-0.4, -0.2) is 35.6 Å². The van der Waals surface area contributed by atoms with E-state index in [4.69, 9.17) is 5.11 Å². The summed E-state index contributed by atoms with van der Waals surface area (Å²) in [7, 11) is 0. The monoisotopic (exact) mass is 186 g/mol. The average molecular weight is 186 g/mol. The molecule has 0 bridgehead atoms. The predicted molar refractivity (Wildman–Crippen MR) is 46.3 cm³/mol. The first-order valence-corrected chi connectivity index (χ1v) is 4.38. The van der Waals surface area contributed by atoms with E-state index in [0.717, 1.165) is 19.4 Å². The average Bonchev–Trinajstić information content (AvgIpc) is 2.55. The molecule has 1 heterocycles. The fourth-order valence-corrected chi connectivity index (χ4v) is 1.28. The fourth-order valence-electron chi connectivity index (χ4n) is 1.28. The quantitative estimate of drug-likeness (QED) is 0.546. The van der Waals surface area contributed by atoms with Crippen LogP contribution in [0.5, 0.6) is 0 Å². The van der Waals surface area contributed by atoms with E-state index >= 15 is 0 Å². The number of nitrogens with one attached hydrogen (secondary N) is 2. The van der Waals surface area contributed by atoms with E-state index in [1.54, 1.807) is 0 Å². The van der Waals surface area contributed by atoms with Crippen LogP contribution in [0.25, 0.3) is 0 Å². The van der Waals surface area contributed by atoms with Gasteiger partial charge in [-0.05, 0) is 26.3 Å². The van der Waals surface area contributed by atoms with Gasteiger partial charge in [-0.25, -0.2) is 0 Å². The van der Waals surface area contributed by atoms with Gasteiger partial charge in [0.05, 0.1) is 6.04 Å². The summed E-state index contributed by atoms with van der Waals surface area (Å²) in [5.74, 6) is -1.22. The summed E-state index contributed by atoms with van der Waals surface area (Å²) in [6.07, 6.45) is 1.76. The molecule has 5 nitrogen and oxygen atoms in total. The lowest BCUT2D eigenvalue weighted by Crippen LogP contribution is -2.46. The molecule has 74 valence electrons. The van der Waals surface area contributed by atoms with E-state index in [-0.39, 0.29) is 11.9 Å². The molecule has 3 N–H and O–H groups in total. The first-order chi connectivity index (χ1) is 6.11. The lowest BCUT2D eigenvalue weighted by atomic mass is 10.2.